The van der Waals surface area contributed by atoms with E-state index >= 15 is 0 Å². The molecule has 1 saturated carbocycles. The number of aryl methyl sites for hydroxylation is 1. The Bertz CT molecular complexity index is 427. The second kappa shape index (κ2) is 4.25. The van der Waals surface area contributed by atoms with Gasteiger partial charge in [0.05, 0.1) is 11.8 Å². The van der Waals surface area contributed by atoms with Gasteiger partial charge in [-0.1, -0.05) is 0 Å². The number of carboxylic acids is 1. The third-order valence-electron chi connectivity index (χ3n) is 2.86. The normalized spacial score (nSPS) is 22.8. The lowest BCUT2D eigenvalue weighted by Crippen LogP contribution is -2.25. The lowest BCUT2D eigenvalue weighted by Gasteiger charge is -2.03. The van der Waals surface area contributed by atoms with E-state index in [1.54, 1.807) is 11.3 Å². The molecule has 0 radical (unpaired) electrons. The van der Waals surface area contributed by atoms with Crippen molar-refractivity contribution < 1.29 is 14.7 Å². The third kappa shape index (κ3) is 2.24. The van der Waals surface area contributed by atoms with E-state index in [4.69, 9.17) is 5.11 Å². The summed E-state index contributed by atoms with van der Waals surface area (Å²) in [6, 6.07) is 0. The van der Waals surface area contributed by atoms with Gasteiger partial charge < -0.3 is 10.4 Å². The van der Waals surface area contributed by atoms with Crippen LogP contribution in [0, 0.1) is 18.8 Å². The molecule has 1 heterocycles. The van der Waals surface area contributed by atoms with Crippen LogP contribution in [0.5, 0.6) is 0 Å². The van der Waals surface area contributed by atoms with E-state index in [0.717, 1.165) is 11.1 Å². The molecule has 0 bridgehead atoms. The third-order valence-corrected chi connectivity index (χ3v) is 3.77. The van der Waals surface area contributed by atoms with Gasteiger partial charge in [-0.3, -0.25) is 9.59 Å². The van der Waals surface area contributed by atoms with Crippen molar-refractivity contribution in [1.29, 1.82) is 0 Å². The van der Waals surface area contributed by atoms with Gasteiger partial charge in [0.1, 0.15) is 0 Å². The Morgan fingerprint density at radius 1 is 1.50 bits per heavy atom. The van der Waals surface area contributed by atoms with Gasteiger partial charge in [-0.2, -0.15) is 11.3 Å². The Labute approximate surface area is 97.3 Å². The molecule has 0 spiro atoms. The van der Waals surface area contributed by atoms with Gasteiger partial charge in [0.25, 0.3) is 0 Å². The first kappa shape index (κ1) is 11.1. The van der Waals surface area contributed by atoms with Crippen molar-refractivity contribution in [2.24, 2.45) is 11.8 Å². The molecule has 86 valence electrons. The first-order valence-electron chi connectivity index (χ1n) is 5.11. The molecule has 5 heteroatoms. The highest BCUT2D eigenvalue weighted by Crippen LogP contribution is 2.38. The highest BCUT2D eigenvalue weighted by atomic mass is 32.1. The molecule has 1 amide bonds. The summed E-state index contributed by atoms with van der Waals surface area (Å²) in [5.41, 5.74) is 2.27. The average Bonchev–Trinajstić information content (AvgIpc) is 2.94. The van der Waals surface area contributed by atoms with Crippen LogP contribution in [0.1, 0.15) is 17.5 Å². The zero-order valence-corrected chi connectivity index (χ0v) is 9.71. The molecule has 1 fully saturated rings. The van der Waals surface area contributed by atoms with Crippen LogP contribution in [0.4, 0.5) is 0 Å². The monoisotopic (exact) mass is 239 g/mol. The van der Waals surface area contributed by atoms with Gasteiger partial charge in [-0.15, -0.1) is 0 Å². The van der Waals surface area contributed by atoms with Crippen molar-refractivity contribution in [2.45, 2.75) is 19.9 Å². The summed E-state index contributed by atoms with van der Waals surface area (Å²) < 4.78 is 0. The molecule has 1 aromatic rings. The highest BCUT2D eigenvalue weighted by molar-refractivity contribution is 7.08. The van der Waals surface area contributed by atoms with Gasteiger partial charge in [0, 0.05) is 6.54 Å². The first-order chi connectivity index (χ1) is 7.59. The minimum Gasteiger partial charge on any atom is -0.481 e. The molecule has 16 heavy (non-hydrogen) atoms. The summed E-state index contributed by atoms with van der Waals surface area (Å²) in [6.07, 6.45) is 0.476. The highest BCUT2D eigenvalue weighted by Gasteiger charge is 2.48. The van der Waals surface area contributed by atoms with Gasteiger partial charge in [-0.25, -0.2) is 0 Å². The predicted octanol–water partition coefficient (Wildman–Crippen LogP) is 1.39. The zero-order chi connectivity index (χ0) is 11.7. The minimum absolute atomic E-state index is 0.141. The largest absolute Gasteiger partial charge is 0.481 e. The Morgan fingerprint density at radius 3 is 2.75 bits per heavy atom. The van der Waals surface area contributed by atoms with Crippen LogP contribution < -0.4 is 5.32 Å². The second-order valence-corrected chi connectivity index (χ2v) is 4.83. The summed E-state index contributed by atoms with van der Waals surface area (Å²) in [6.45, 7) is 2.49. The Balaban J connectivity index is 1.82. The van der Waals surface area contributed by atoms with Gasteiger partial charge in [-0.05, 0) is 35.2 Å². The number of carbonyl (C=O) groups is 2. The summed E-state index contributed by atoms with van der Waals surface area (Å²) >= 11 is 1.60. The maximum atomic E-state index is 11.6. The summed E-state index contributed by atoms with van der Waals surface area (Å²) in [5, 5.41) is 15.5. The van der Waals surface area contributed by atoms with E-state index in [0.29, 0.717) is 13.0 Å². The number of carbonyl (C=O) groups excluding carboxylic acids is 1. The molecule has 0 unspecified atom stereocenters. The maximum Gasteiger partial charge on any atom is 0.307 e. The number of rotatable bonds is 4. The van der Waals surface area contributed by atoms with E-state index in [9.17, 15) is 9.59 Å². The minimum atomic E-state index is -0.869. The lowest BCUT2D eigenvalue weighted by atomic mass is 10.2. The molecule has 0 aromatic carbocycles. The fourth-order valence-corrected chi connectivity index (χ4v) is 2.50. The topological polar surface area (TPSA) is 66.4 Å². The fourth-order valence-electron chi connectivity index (χ4n) is 1.64. The van der Waals surface area contributed by atoms with Crippen molar-refractivity contribution >= 4 is 23.2 Å². The van der Waals surface area contributed by atoms with Crippen molar-refractivity contribution in [2.75, 3.05) is 0 Å². The van der Waals surface area contributed by atoms with Crippen LogP contribution in [-0.4, -0.2) is 17.0 Å². The number of nitrogens with one attached hydrogen (secondary N) is 1. The number of carboxylic acid groups (broad SMARTS) is 1. The van der Waals surface area contributed by atoms with E-state index in [1.807, 2.05) is 17.7 Å². The molecule has 2 rings (SSSR count). The molecule has 2 atom stereocenters. The quantitative estimate of drug-likeness (QED) is 0.834. The molecule has 0 aliphatic heterocycles. The van der Waals surface area contributed by atoms with Gasteiger partial charge in [0.2, 0.25) is 5.91 Å². The molecule has 4 nitrogen and oxygen atoms in total. The van der Waals surface area contributed by atoms with Crippen LogP contribution >= 0.6 is 11.3 Å². The molecular weight excluding hydrogens is 226 g/mol. The zero-order valence-electron chi connectivity index (χ0n) is 8.90. The van der Waals surface area contributed by atoms with E-state index in [1.165, 1.54) is 0 Å². The van der Waals surface area contributed by atoms with Crippen molar-refractivity contribution in [3.05, 3.63) is 21.9 Å². The SMILES string of the molecule is Cc1cscc1CNC(=O)[C@@H]1C[C@@H]1C(=O)O. The van der Waals surface area contributed by atoms with E-state index in [-0.39, 0.29) is 11.8 Å². The van der Waals surface area contributed by atoms with Gasteiger partial charge >= 0.3 is 5.97 Å². The maximum absolute atomic E-state index is 11.6. The smallest absolute Gasteiger partial charge is 0.307 e. The summed E-state index contributed by atoms with van der Waals surface area (Å²) in [7, 11) is 0. The average molecular weight is 239 g/mol. The lowest BCUT2D eigenvalue weighted by molar-refractivity contribution is -0.140. The second-order valence-electron chi connectivity index (χ2n) is 4.08. The van der Waals surface area contributed by atoms with Crippen molar-refractivity contribution in [3.8, 4) is 0 Å². The number of aliphatic carboxylic acids is 1. The Hall–Kier alpha value is -1.36. The number of thiophene rings is 1. The molecule has 1 aromatic heterocycles. The summed E-state index contributed by atoms with van der Waals surface area (Å²) in [4.78, 5) is 22.1. The predicted molar refractivity (Wildman–Crippen MR) is 60.1 cm³/mol. The molecule has 1 aliphatic rings. The van der Waals surface area contributed by atoms with Crippen LogP contribution in [0.2, 0.25) is 0 Å². The standard InChI is InChI=1S/C11H13NO3S/c1-6-4-16-5-7(6)3-12-10(13)8-2-9(8)11(14)15/h4-5,8-9H,2-3H2,1H3,(H,12,13)(H,14,15)/t8-,9+/m1/s1. The molecular formula is C11H13NO3S. The first-order valence-corrected chi connectivity index (χ1v) is 6.06. The van der Waals surface area contributed by atoms with E-state index in [2.05, 4.69) is 5.32 Å². The van der Waals surface area contributed by atoms with Crippen molar-refractivity contribution in [3.63, 3.8) is 0 Å². The Kier molecular flexibility index (Phi) is 2.96. The van der Waals surface area contributed by atoms with Gasteiger partial charge in [0.15, 0.2) is 0 Å². The van der Waals surface area contributed by atoms with E-state index < -0.39 is 11.9 Å². The van der Waals surface area contributed by atoms with Crippen LogP contribution in [0.3, 0.4) is 0 Å². The number of hydrogen-bond acceptors (Lipinski definition) is 3. The number of hydrogen-bond donors (Lipinski definition) is 2. The summed E-state index contributed by atoms with van der Waals surface area (Å²) in [5.74, 6) is -1.80. The van der Waals surface area contributed by atoms with Crippen LogP contribution in [-0.2, 0) is 16.1 Å². The van der Waals surface area contributed by atoms with Crippen LogP contribution in [0.25, 0.3) is 0 Å². The van der Waals surface area contributed by atoms with Crippen molar-refractivity contribution in [1.82, 2.24) is 5.32 Å². The molecule has 1 aliphatic carbocycles. The molecule has 0 saturated heterocycles. The fraction of sp³-hybridized carbons (Fsp3) is 0.455. The molecule has 2 N–H and O–H groups in total. The van der Waals surface area contributed by atoms with Crippen LogP contribution in [0.15, 0.2) is 10.8 Å². The Morgan fingerprint density at radius 2 is 2.25 bits per heavy atom. The number of amides is 1.